The van der Waals surface area contributed by atoms with Gasteiger partial charge in [0.1, 0.15) is 6.33 Å². The second-order valence-corrected chi connectivity index (χ2v) is 3.44. The first-order chi connectivity index (χ1) is 7.92. The van der Waals surface area contributed by atoms with Crippen LogP contribution in [0.1, 0.15) is 24.1 Å². The Morgan fingerprint density at radius 2 is 1.75 bits per heavy atom. The number of aromatic nitrogens is 3. The molecule has 0 bridgehead atoms. The summed E-state index contributed by atoms with van der Waals surface area (Å²) in [6.07, 6.45) is 8.80. The van der Waals surface area contributed by atoms with Crippen molar-refractivity contribution in [3.8, 4) is 0 Å². The zero-order valence-corrected chi connectivity index (χ0v) is 9.17. The summed E-state index contributed by atoms with van der Waals surface area (Å²) in [5, 5.41) is 3.41. The van der Waals surface area contributed by atoms with Crippen molar-refractivity contribution in [3.05, 3.63) is 54.4 Å². The van der Waals surface area contributed by atoms with E-state index in [1.807, 2.05) is 24.5 Å². The number of nitrogens with zero attached hydrogens (tertiary/aromatic N) is 3. The fourth-order valence-corrected chi connectivity index (χ4v) is 1.65. The molecule has 0 aromatic carbocycles. The molecule has 82 valence electrons. The first-order valence-corrected chi connectivity index (χ1v) is 5.30. The molecule has 16 heavy (non-hydrogen) atoms. The van der Waals surface area contributed by atoms with E-state index in [9.17, 15) is 0 Å². The van der Waals surface area contributed by atoms with Crippen LogP contribution in [0.4, 0.5) is 0 Å². The summed E-state index contributed by atoms with van der Waals surface area (Å²) < 4.78 is 0. The fraction of sp³-hybridized carbons (Fsp3) is 0.250. The summed E-state index contributed by atoms with van der Waals surface area (Å²) in [6, 6.07) is 4.13. The van der Waals surface area contributed by atoms with Gasteiger partial charge in [0.25, 0.3) is 0 Å². The lowest BCUT2D eigenvalue weighted by Gasteiger charge is -2.17. The molecule has 4 heteroatoms. The fourth-order valence-electron chi connectivity index (χ4n) is 1.65. The standard InChI is InChI=1S/C12H14N4/c1-2-16-12(10-3-5-13-6-4-10)11-7-14-9-15-8-11/h3-9,12,16H,2H2,1H3. The van der Waals surface area contributed by atoms with Gasteiger partial charge in [-0.15, -0.1) is 0 Å². The van der Waals surface area contributed by atoms with Crippen LogP contribution in [0.5, 0.6) is 0 Å². The summed E-state index contributed by atoms with van der Waals surface area (Å²) in [5.74, 6) is 0. The summed E-state index contributed by atoms with van der Waals surface area (Å²) >= 11 is 0. The maximum Gasteiger partial charge on any atom is 0.115 e. The third-order valence-electron chi connectivity index (χ3n) is 2.36. The van der Waals surface area contributed by atoms with Gasteiger partial charge < -0.3 is 5.32 Å². The molecule has 0 radical (unpaired) electrons. The van der Waals surface area contributed by atoms with E-state index in [1.54, 1.807) is 18.7 Å². The van der Waals surface area contributed by atoms with E-state index in [-0.39, 0.29) is 6.04 Å². The van der Waals surface area contributed by atoms with Crippen molar-refractivity contribution in [3.63, 3.8) is 0 Å². The number of rotatable bonds is 4. The lowest BCUT2D eigenvalue weighted by Crippen LogP contribution is -2.22. The van der Waals surface area contributed by atoms with Crippen LogP contribution in [0.2, 0.25) is 0 Å². The van der Waals surface area contributed by atoms with Gasteiger partial charge in [0, 0.05) is 30.4 Å². The average molecular weight is 214 g/mol. The van der Waals surface area contributed by atoms with Gasteiger partial charge >= 0.3 is 0 Å². The summed E-state index contributed by atoms with van der Waals surface area (Å²) in [6.45, 7) is 2.97. The van der Waals surface area contributed by atoms with Gasteiger partial charge in [0.2, 0.25) is 0 Å². The Kier molecular flexibility index (Phi) is 3.56. The van der Waals surface area contributed by atoms with E-state index >= 15 is 0 Å². The van der Waals surface area contributed by atoms with E-state index in [0.29, 0.717) is 0 Å². The van der Waals surface area contributed by atoms with E-state index in [2.05, 4.69) is 27.2 Å². The molecule has 0 amide bonds. The highest BCUT2D eigenvalue weighted by Gasteiger charge is 2.12. The summed E-state index contributed by atoms with van der Waals surface area (Å²) in [4.78, 5) is 12.1. The minimum atomic E-state index is 0.134. The molecule has 2 rings (SSSR count). The third kappa shape index (κ3) is 2.41. The predicted molar refractivity (Wildman–Crippen MR) is 61.8 cm³/mol. The van der Waals surface area contributed by atoms with Gasteiger partial charge in [-0.1, -0.05) is 6.92 Å². The van der Waals surface area contributed by atoms with Gasteiger partial charge in [0.15, 0.2) is 0 Å². The zero-order valence-electron chi connectivity index (χ0n) is 9.17. The minimum absolute atomic E-state index is 0.134. The number of hydrogen-bond donors (Lipinski definition) is 1. The summed E-state index contributed by atoms with van der Waals surface area (Å²) in [5.41, 5.74) is 2.24. The highest BCUT2D eigenvalue weighted by atomic mass is 14.9. The van der Waals surface area contributed by atoms with Gasteiger partial charge in [-0.2, -0.15) is 0 Å². The highest BCUT2D eigenvalue weighted by molar-refractivity contribution is 5.26. The van der Waals surface area contributed by atoms with Crippen LogP contribution in [0.15, 0.2) is 43.2 Å². The van der Waals surface area contributed by atoms with Crippen LogP contribution in [0.3, 0.4) is 0 Å². The molecule has 0 spiro atoms. The highest BCUT2D eigenvalue weighted by Crippen LogP contribution is 2.19. The molecule has 0 fully saturated rings. The number of nitrogens with one attached hydrogen (secondary N) is 1. The molecular weight excluding hydrogens is 200 g/mol. The first-order valence-electron chi connectivity index (χ1n) is 5.30. The molecule has 0 saturated heterocycles. The van der Waals surface area contributed by atoms with Crippen molar-refractivity contribution in [1.29, 1.82) is 0 Å². The molecule has 0 saturated carbocycles. The second kappa shape index (κ2) is 5.32. The molecule has 1 unspecified atom stereocenters. The van der Waals surface area contributed by atoms with Gasteiger partial charge in [-0.25, -0.2) is 9.97 Å². The smallest absolute Gasteiger partial charge is 0.115 e. The molecule has 0 aliphatic heterocycles. The Balaban J connectivity index is 2.31. The largest absolute Gasteiger partial charge is 0.306 e. The van der Waals surface area contributed by atoms with Crippen molar-refractivity contribution in [1.82, 2.24) is 20.3 Å². The molecule has 1 N–H and O–H groups in total. The Labute approximate surface area is 94.8 Å². The third-order valence-corrected chi connectivity index (χ3v) is 2.36. The van der Waals surface area contributed by atoms with Crippen LogP contribution in [-0.4, -0.2) is 21.5 Å². The van der Waals surface area contributed by atoms with Crippen molar-refractivity contribution in [2.24, 2.45) is 0 Å². The van der Waals surface area contributed by atoms with Crippen molar-refractivity contribution in [2.45, 2.75) is 13.0 Å². The topological polar surface area (TPSA) is 50.7 Å². The number of hydrogen-bond acceptors (Lipinski definition) is 4. The van der Waals surface area contributed by atoms with E-state index in [4.69, 9.17) is 0 Å². The zero-order chi connectivity index (χ0) is 11.2. The van der Waals surface area contributed by atoms with Crippen LogP contribution in [0.25, 0.3) is 0 Å². The Bertz CT molecular complexity index is 376. The van der Waals surface area contributed by atoms with Gasteiger partial charge in [0.05, 0.1) is 6.04 Å². The van der Waals surface area contributed by atoms with E-state index in [1.165, 1.54) is 5.56 Å². The molecule has 1 atom stereocenters. The molecule has 2 aromatic heterocycles. The van der Waals surface area contributed by atoms with Crippen LogP contribution < -0.4 is 5.32 Å². The van der Waals surface area contributed by atoms with Gasteiger partial charge in [-0.3, -0.25) is 4.98 Å². The molecule has 0 aliphatic carbocycles. The van der Waals surface area contributed by atoms with Crippen LogP contribution in [-0.2, 0) is 0 Å². The van der Waals surface area contributed by atoms with E-state index in [0.717, 1.165) is 12.1 Å². The summed E-state index contributed by atoms with van der Waals surface area (Å²) in [7, 11) is 0. The lowest BCUT2D eigenvalue weighted by atomic mass is 10.0. The van der Waals surface area contributed by atoms with Crippen LogP contribution in [0, 0.1) is 0 Å². The van der Waals surface area contributed by atoms with Gasteiger partial charge in [-0.05, 0) is 24.2 Å². The Morgan fingerprint density at radius 1 is 1.06 bits per heavy atom. The first kappa shape index (κ1) is 10.7. The molecule has 2 aromatic rings. The second-order valence-electron chi connectivity index (χ2n) is 3.44. The SMILES string of the molecule is CCNC(c1ccncc1)c1cncnc1. The predicted octanol–water partition coefficient (Wildman–Crippen LogP) is 1.57. The van der Waals surface area contributed by atoms with E-state index < -0.39 is 0 Å². The Hall–Kier alpha value is -1.81. The molecular formula is C12H14N4. The lowest BCUT2D eigenvalue weighted by molar-refractivity contribution is 0.625. The quantitative estimate of drug-likeness (QED) is 0.839. The normalized spacial score (nSPS) is 12.3. The maximum absolute atomic E-state index is 4.05. The average Bonchev–Trinajstić information content (AvgIpc) is 2.38. The van der Waals surface area contributed by atoms with Crippen molar-refractivity contribution >= 4 is 0 Å². The van der Waals surface area contributed by atoms with Crippen molar-refractivity contribution < 1.29 is 0 Å². The molecule has 4 nitrogen and oxygen atoms in total. The van der Waals surface area contributed by atoms with Crippen LogP contribution >= 0.6 is 0 Å². The van der Waals surface area contributed by atoms with Crippen molar-refractivity contribution in [2.75, 3.05) is 6.54 Å². The molecule has 2 heterocycles. The minimum Gasteiger partial charge on any atom is -0.306 e. The maximum atomic E-state index is 4.05. The number of pyridine rings is 1. The molecule has 0 aliphatic rings. The Morgan fingerprint density at radius 3 is 2.38 bits per heavy atom. The monoisotopic (exact) mass is 214 g/mol.